The Morgan fingerprint density at radius 3 is 2.74 bits per heavy atom. The normalized spacial score (nSPS) is 20.6. The van der Waals surface area contributed by atoms with E-state index in [4.69, 9.17) is 5.73 Å². The minimum absolute atomic E-state index is 0.884. The lowest BCUT2D eigenvalue weighted by Gasteiger charge is -2.23. The second kappa shape index (κ2) is 6.31. The minimum Gasteiger partial charge on any atom is -0.394 e. The SMILES string of the molecule is CCCc1nn(C)c(N2CCCC(CC)CC2)c1N. The second-order valence-corrected chi connectivity index (χ2v) is 5.75. The Bertz CT molecular complexity index is 411. The highest BCUT2D eigenvalue weighted by Gasteiger charge is 2.22. The Kier molecular flexibility index (Phi) is 4.72. The zero-order valence-electron chi connectivity index (χ0n) is 12.7. The average Bonchev–Trinajstić information content (AvgIpc) is 2.59. The molecule has 1 aliphatic rings. The van der Waals surface area contributed by atoms with Crippen LogP contribution in [0.2, 0.25) is 0 Å². The van der Waals surface area contributed by atoms with Gasteiger partial charge in [0.15, 0.2) is 0 Å². The predicted molar refractivity (Wildman–Crippen MR) is 81.5 cm³/mol. The minimum atomic E-state index is 0.884. The fourth-order valence-electron chi connectivity index (χ4n) is 3.17. The summed E-state index contributed by atoms with van der Waals surface area (Å²) >= 11 is 0. The van der Waals surface area contributed by atoms with Crippen molar-refractivity contribution >= 4 is 11.5 Å². The molecule has 2 heterocycles. The molecule has 108 valence electrons. The standard InChI is InChI=1S/C15H28N4/c1-4-7-13-14(16)15(18(3)17-13)19-10-6-8-12(5-2)9-11-19/h12H,4-11,16H2,1-3H3. The quantitative estimate of drug-likeness (QED) is 0.909. The molecule has 1 aliphatic heterocycles. The molecule has 2 N–H and O–H groups in total. The van der Waals surface area contributed by atoms with Gasteiger partial charge in [0.1, 0.15) is 5.82 Å². The van der Waals surface area contributed by atoms with Crippen molar-refractivity contribution in [1.82, 2.24) is 9.78 Å². The van der Waals surface area contributed by atoms with Crippen LogP contribution in [0.1, 0.15) is 51.6 Å². The van der Waals surface area contributed by atoms with E-state index in [9.17, 15) is 0 Å². The lowest BCUT2D eigenvalue weighted by molar-refractivity contribution is 0.459. The zero-order valence-corrected chi connectivity index (χ0v) is 12.7. The second-order valence-electron chi connectivity index (χ2n) is 5.75. The first-order valence-corrected chi connectivity index (χ1v) is 7.73. The number of aryl methyl sites for hydroxylation is 2. The molecule has 1 fully saturated rings. The summed E-state index contributed by atoms with van der Waals surface area (Å²) in [4.78, 5) is 2.44. The molecule has 1 unspecified atom stereocenters. The van der Waals surface area contributed by atoms with Crippen molar-refractivity contribution in [3.63, 3.8) is 0 Å². The highest BCUT2D eigenvalue weighted by molar-refractivity contribution is 5.66. The molecule has 0 spiro atoms. The predicted octanol–water partition coefficient (Wildman–Crippen LogP) is 2.97. The molecule has 4 heteroatoms. The maximum atomic E-state index is 6.31. The van der Waals surface area contributed by atoms with Crippen molar-refractivity contribution in [1.29, 1.82) is 0 Å². The molecule has 0 aromatic carbocycles. The third-order valence-corrected chi connectivity index (χ3v) is 4.34. The summed E-state index contributed by atoms with van der Waals surface area (Å²) in [6.45, 7) is 6.71. The van der Waals surface area contributed by atoms with Crippen LogP contribution < -0.4 is 10.6 Å². The van der Waals surface area contributed by atoms with Crippen molar-refractivity contribution in [3.8, 4) is 0 Å². The summed E-state index contributed by atoms with van der Waals surface area (Å²) in [6, 6.07) is 0. The largest absolute Gasteiger partial charge is 0.394 e. The Labute approximate surface area is 117 Å². The van der Waals surface area contributed by atoms with E-state index in [1.165, 1.54) is 25.7 Å². The summed E-state index contributed by atoms with van der Waals surface area (Å²) in [6.07, 6.45) is 7.28. The van der Waals surface area contributed by atoms with Gasteiger partial charge in [-0.05, 0) is 31.6 Å². The van der Waals surface area contributed by atoms with Gasteiger partial charge in [-0.3, -0.25) is 4.68 Å². The van der Waals surface area contributed by atoms with Gasteiger partial charge in [-0.25, -0.2) is 0 Å². The van der Waals surface area contributed by atoms with Crippen LogP contribution in [0, 0.1) is 5.92 Å². The summed E-state index contributed by atoms with van der Waals surface area (Å²) in [5.41, 5.74) is 8.28. The molecule has 0 amide bonds. The smallest absolute Gasteiger partial charge is 0.150 e. The Morgan fingerprint density at radius 2 is 2.05 bits per heavy atom. The van der Waals surface area contributed by atoms with Gasteiger partial charge in [-0.15, -0.1) is 0 Å². The monoisotopic (exact) mass is 264 g/mol. The number of nitrogen functional groups attached to an aromatic ring is 1. The molecule has 0 bridgehead atoms. The van der Waals surface area contributed by atoms with Gasteiger partial charge < -0.3 is 10.6 Å². The van der Waals surface area contributed by atoms with E-state index in [1.54, 1.807) is 0 Å². The highest BCUT2D eigenvalue weighted by Crippen LogP contribution is 2.30. The lowest BCUT2D eigenvalue weighted by atomic mass is 9.98. The summed E-state index contributed by atoms with van der Waals surface area (Å²) in [7, 11) is 2.02. The van der Waals surface area contributed by atoms with Crippen molar-refractivity contribution in [2.75, 3.05) is 23.7 Å². The number of nitrogens with two attached hydrogens (primary N) is 1. The maximum absolute atomic E-state index is 6.31. The number of hydrogen-bond acceptors (Lipinski definition) is 3. The first kappa shape index (κ1) is 14.2. The molecule has 1 atom stereocenters. The number of nitrogens with zero attached hydrogens (tertiary/aromatic N) is 3. The Hall–Kier alpha value is -1.19. The first-order chi connectivity index (χ1) is 9.17. The van der Waals surface area contributed by atoms with Gasteiger partial charge >= 0.3 is 0 Å². The number of anilines is 2. The third-order valence-electron chi connectivity index (χ3n) is 4.34. The van der Waals surface area contributed by atoms with Gasteiger partial charge in [0, 0.05) is 20.1 Å². The van der Waals surface area contributed by atoms with E-state index < -0.39 is 0 Å². The van der Waals surface area contributed by atoms with E-state index >= 15 is 0 Å². The molecule has 19 heavy (non-hydrogen) atoms. The van der Waals surface area contributed by atoms with Crippen LogP contribution in [0.4, 0.5) is 11.5 Å². The maximum Gasteiger partial charge on any atom is 0.150 e. The third kappa shape index (κ3) is 3.04. The van der Waals surface area contributed by atoms with E-state index in [0.717, 1.165) is 49.0 Å². The van der Waals surface area contributed by atoms with Crippen molar-refractivity contribution in [3.05, 3.63) is 5.69 Å². The van der Waals surface area contributed by atoms with Gasteiger partial charge in [0.2, 0.25) is 0 Å². The fourth-order valence-corrected chi connectivity index (χ4v) is 3.17. The van der Waals surface area contributed by atoms with E-state index in [0.29, 0.717) is 0 Å². The highest BCUT2D eigenvalue weighted by atomic mass is 15.4. The van der Waals surface area contributed by atoms with Crippen LogP contribution in [0.25, 0.3) is 0 Å². The first-order valence-electron chi connectivity index (χ1n) is 7.73. The molecule has 1 aromatic heterocycles. The molecular weight excluding hydrogens is 236 g/mol. The van der Waals surface area contributed by atoms with Crippen LogP contribution in [-0.4, -0.2) is 22.9 Å². The number of hydrogen-bond donors (Lipinski definition) is 1. The van der Waals surface area contributed by atoms with E-state index in [1.807, 2.05) is 11.7 Å². The van der Waals surface area contributed by atoms with E-state index in [-0.39, 0.29) is 0 Å². The molecule has 0 aliphatic carbocycles. The lowest BCUT2D eigenvalue weighted by Crippen LogP contribution is -2.27. The molecule has 0 saturated carbocycles. The van der Waals surface area contributed by atoms with Crippen molar-refractivity contribution in [2.24, 2.45) is 13.0 Å². The molecule has 0 radical (unpaired) electrons. The molecule has 4 nitrogen and oxygen atoms in total. The van der Waals surface area contributed by atoms with Crippen LogP contribution >= 0.6 is 0 Å². The van der Waals surface area contributed by atoms with Crippen LogP contribution in [0.15, 0.2) is 0 Å². The molecule has 1 aromatic rings. The van der Waals surface area contributed by atoms with Crippen LogP contribution in [0.3, 0.4) is 0 Å². The topological polar surface area (TPSA) is 47.1 Å². The van der Waals surface area contributed by atoms with E-state index in [2.05, 4.69) is 23.8 Å². The van der Waals surface area contributed by atoms with Gasteiger partial charge in [-0.1, -0.05) is 26.7 Å². The number of aromatic nitrogens is 2. The van der Waals surface area contributed by atoms with Gasteiger partial charge in [-0.2, -0.15) is 5.10 Å². The van der Waals surface area contributed by atoms with Gasteiger partial charge in [0.05, 0.1) is 11.4 Å². The molecule has 1 saturated heterocycles. The fraction of sp³-hybridized carbons (Fsp3) is 0.800. The molecular formula is C15H28N4. The van der Waals surface area contributed by atoms with Crippen LogP contribution in [-0.2, 0) is 13.5 Å². The molecule has 2 rings (SSSR count). The van der Waals surface area contributed by atoms with Crippen LogP contribution in [0.5, 0.6) is 0 Å². The summed E-state index contributed by atoms with van der Waals surface area (Å²) < 4.78 is 1.98. The van der Waals surface area contributed by atoms with Gasteiger partial charge in [0.25, 0.3) is 0 Å². The average molecular weight is 264 g/mol. The summed E-state index contributed by atoms with van der Waals surface area (Å²) in [5, 5.41) is 4.59. The zero-order chi connectivity index (χ0) is 13.8. The van der Waals surface area contributed by atoms with Crippen molar-refractivity contribution < 1.29 is 0 Å². The Morgan fingerprint density at radius 1 is 1.26 bits per heavy atom. The van der Waals surface area contributed by atoms with Crippen molar-refractivity contribution in [2.45, 2.75) is 52.4 Å². The Balaban J connectivity index is 2.17. The number of rotatable bonds is 4. The summed E-state index contributed by atoms with van der Waals surface area (Å²) in [5.74, 6) is 2.02.